The Morgan fingerprint density at radius 1 is 1.40 bits per heavy atom. The second-order valence-electron chi connectivity index (χ2n) is 6.27. The average Bonchev–Trinajstić information content (AvgIpc) is 2.45. The number of piperidine rings is 2. The highest BCUT2D eigenvalue weighted by molar-refractivity contribution is 5.11. The number of fused-ring (bicyclic) bond motifs is 1. The molecule has 2 aliphatic rings. The minimum absolute atomic E-state index is 0.0421. The monoisotopic (exact) mass is 278 g/mol. The van der Waals surface area contributed by atoms with Crippen LogP contribution >= 0.6 is 0 Å². The van der Waals surface area contributed by atoms with Crippen molar-refractivity contribution in [3.63, 3.8) is 0 Å². The molecule has 110 valence electrons. The summed E-state index contributed by atoms with van der Waals surface area (Å²) in [4.78, 5) is 14.3. The van der Waals surface area contributed by atoms with Crippen LogP contribution in [0.4, 0.5) is 0 Å². The van der Waals surface area contributed by atoms with E-state index in [1.807, 2.05) is 6.07 Å². The molecule has 0 amide bonds. The van der Waals surface area contributed by atoms with Crippen LogP contribution in [-0.4, -0.2) is 40.5 Å². The lowest BCUT2D eigenvalue weighted by Crippen LogP contribution is -2.62. The van der Waals surface area contributed by atoms with Crippen LogP contribution in [0.2, 0.25) is 0 Å². The summed E-state index contributed by atoms with van der Waals surface area (Å²) in [7, 11) is 0. The van der Waals surface area contributed by atoms with E-state index in [0.29, 0.717) is 13.1 Å². The summed E-state index contributed by atoms with van der Waals surface area (Å²) < 4.78 is -0.188. The first-order valence-corrected chi connectivity index (χ1v) is 7.50. The number of aliphatic hydroxyl groups is 1. The summed E-state index contributed by atoms with van der Waals surface area (Å²) in [6, 6.07) is 5.15. The number of rotatable bonds is 2. The fourth-order valence-electron chi connectivity index (χ4n) is 4.08. The molecule has 0 spiro atoms. The van der Waals surface area contributed by atoms with Crippen molar-refractivity contribution in [1.29, 1.82) is 0 Å². The Balaban J connectivity index is 1.89. The molecule has 2 saturated heterocycles. The molecule has 2 N–H and O–H groups in total. The van der Waals surface area contributed by atoms with Crippen molar-refractivity contribution in [2.24, 2.45) is 5.92 Å². The summed E-state index contributed by atoms with van der Waals surface area (Å²) in [5.41, 5.74) is 0.717. The smallest absolute Gasteiger partial charge is 0.248 e. The lowest BCUT2D eigenvalue weighted by atomic mass is 9.77. The Morgan fingerprint density at radius 3 is 3.00 bits per heavy atom. The van der Waals surface area contributed by atoms with E-state index in [0.717, 1.165) is 31.4 Å². The van der Waals surface area contributed by atoms with Gasteiger partial charge in [-0.15, -0.1) is 0 Å². The van der Waals surface area contributed by atoms with Gasteiger partial charge in [-0.3, -0.25) is 4.79 Å². The van der Waals surface area contributed by atoms with Gasteiger partial charge in [-0.1, -0.05) is 6.07 Å². The van der Waals surface area contributed by atoms with E-state index < -0.39 is 0 Å². The molecule has 0 aromatic carbocycles. The van der Waals surface area contributed by atoms with E-state index in [1.54, 1.807) is 6.07 Å². The van der Waals surface area contributed by atoms with Gasteiger partial charge in [-0.25, -0.2) is 0 Å². The number of hydroxylamine groups is 3. The number of aromatic amines is 1. The molecule has 4 atom stereocenters. The molecule has 3 heterocycles. The molecule has 5 heteroatoms. The summed E-state index contributed by atoms with van der Waals surface area (Å²) in [5.74, 6) is 0.100. The summed E-state index contributed by atoms with van der Waals surface area (Å²) in [5, 5.41) is 22.7. The molecule has 0 unspecified atom stereocenters. The molecule has 2 aliphatic heterocycles. The van der Waals surface area contributed by atoms with Gasteiger partial charge < -0.3 is 19.9 Å². The lowest BCUT2D eigenvalue weighted by Gasteiger charge is -2.58. The fourth-order valence-corrected chi connectivity index (χ4v) is 4.08. The zero-order valence-corrected chi connectivity index (χ0v) is 11.6. The van der Waals surface area contributed by atoms with Crippen LogP contribution in [0.1, 0.15) is 37.3 Å². The predicted molar refractivity (Wildman–Crippen MR) is 76.0 cm³/mol. The van der Waals surface area contributed by atoms with Crippen molar-refractivity contribution >= 4 is 0 Å². The van der Waals surface area contributed by atoms with Crippen molar-refractivity contribution in [2.75, 3.05) is 19.7 Å². The van der Waals surface area contributed by atoms with Gasteiger partial charge >= 0.3 is 0 Å². The number of quaternary nitrogens is 1. The van der Waals surface area contributed by atoms with E-state index in [1.165, 1.54) is 6.07 Å². The molecule has 1 aromatic rings. The normalized spacial score (nSPS) is 37.4. The fraction of sp³-hybridized carbons (Fsp3) is 0.667. The average molecular weight is 278 g/mol. The summed E-state index contributed by atoms with van der Waals surface area (Å²) in [6.45, 7) is 1.25. The van der Waals surface area contributed by atoms with Gasteiger partial charge in [0, 0.05) is 30.0 Å². The maximum absolute atomic E-state index is 13.1. The van der Waals surface area contributed by atoms with Crippen molar-refractivity contribution < 1.29 is 9.75 Å². The van der Waals surface area contributed by atoms with Crippen LogP contribution in [0.3, 0.4) is 0 Å². The van der Waals surface area contributed by atoms with Crippen LogP contribution in [0, 0.1) is 11.1 Å². The Labute approximate surface area is 118 Å². The number of aliphatic hydroxyl groups excluding tert-OH is 1. The molecule has 1 aromatic heterocycles. The highest BCUT2D eigenvalue weighted by atomic mass is 16.5. The number of H-pyrrole nitrogens is 1. The van der Waals surface area contributed by atoms with Gasteiger partial charge in [0.05, 0.1) is 25.7 Å². The molecular weight excluding hydrogens is 256 g/mol. The zero-order valence-electron chi connectivity index (χ0n) is 11.6. The standard InChI is InChI=1S/C15H22N2O3/c18-10-12-8-11(13-4-3-6-15(19)16-13)9-17(20)7-2-1-5-14(12)17/h3-4,6,11-12,14,18H,1-2,5,7-10H2,(H,16,19)/t11-,12-,14-,17+/m1/s1. The van der Waals surface area contributed by atoms with Crippen LogP contribution in [-0.2, 0) is 0 Å². The van der Waals surface area contributed by atoms with Crippen LogP contribution in [0.25, 0.3) is 0 Å². The minimum atomic E-state index is -0.188. The molecule has 3 rings (SSSR count). The maximum atomic E-state index is 13.1. The summed E-state index contributed by atoms with van der Waals surface area (Å²) in [6.07, 6.45) is 3.78. The van der Waals surface area contributed by atoms with Crippen LogP contribution in [0.15, 0.2) is 23.0 Å². The van der Waals surface area contributed by atoms with Gasteiger partial charge in [-0.2, -0.15) is 0 Å². The quantitative estimate of drug-likeness (QED) is 0.633. The molecule has 0 bridgehead atoms. The van der Waals surface area contributed by atoms with Crippen molar-refractivity contribution in [3.05, 3.63) is 39.5 Å². The number of hydrogen-bond acceptors (Lipinski definition) is 3. The molecule has 0 radical (unpaired) electrons. The minimum Gasteiger partial charge on any atom is -0.633 e. The molecular formula is C15H22N2O3. The third-order valence-corrected chi connectivity index (χ3v) is 5.02. The van der Waals surface area contributed by atoms with Crippen molar-refractivity contribution in [2.45, 2.75) is 37.6 Å². The van der Waals surface area contributed by atoms with E-state index in [9.17, 15) is 15.1 Å². The Morgan fingerprint density at radius 2 is 2.25 bits per heavy atom. The number of pyridine rings is 1. The topological polar surface area (TPSA) is 76.2 Å². The zero-order chi connectivity index (χ0) is 14.2. The maximum Gasteiger partial charge on any atom is 0.248 e. The predicted octanol–water partition coefficient (Wildman–Crippen LogP) is 1.34. The lowest BCUT2D eigenvalue weighted by molar-refractivity contribution is -0.921. The van der Waals surface area contributed by atoms with E-state index in [4.69, 9.17) is 0 Å². The molecule has 2 fully saturated rings. The number of nitrogens with one attached hydrogen (secondary N) is 1. The first-order valence-electron chi connectivity index (χ1n) is 7.50. The second kappa shape index (κ2) is 5.31. The summed E-state index contributed by atoms with van der Waals surface area (Å²) >= 11 is 0. The largest absolute Gasteiger partial charge is 0.633 e. The number of hydrogen-bond donors (Lipinski definition) is 2. The van der Waals surface area contributed by atoms with Crippen molar-refractivity contribution in [1.82, 2.24) is 4.98 Å². The molecule has 20 heavy (non-hydrogen) atoms. The first-order chi connectivity index (χ1) is 9.62. The number of nitrogens with zero attached hydrogens (tertiary/aromatic N) is 1. The van der Waals surface area contributed by atoms with Crippen molar-refractivity contribution in [3.8, 4) is 0 Å². The van der Waals surface area contributed by atoms with Gasteiger partial charge in [0.1, 0.15) is 0 Å². The van der Waals surface area contributed by atoms with Gasteiger partial charge in [-0.05, 0) is 25.3 Å². The SMILES string of the molecule is O=c1cccc([C@@H]2C[C@H](CO)[C@H]3CCCC[N@+]3([O-])C2)[nH]1. The second-order valence-corrected chi connectivity index (χ2v) is 6.27. The molecule has 0 aliphatic carbocycles. The van der Waals surface area contributed by atoms with E-state index >= 15 is 0 Å². The first kappa shape index (κ1) is 13.8. The number of aromatic nitrogens is 1. The van der Waals surface area contributed by atoms with E-state index in [2.05, 4.69) is 4.98 Å². The third-order valence-electron chi connectivity index (χ3n) is 5.02. The highest BCUT2D eigenvalue weighted by Gasteiger charge is 2.45. The van der Waals surface area contributed by atoms with E-state index in [-0.39, 0.29) is 34.7 Å². The van der Waals surface area contributed by atoms with Crippen LogP contribution in [0.5, 0.6) is 0 Å². The van der Waals surface area contributed by atoms with Crippen LogP contribution < -0.4 is 5.56 Å². The third kappa shape index (κ3) is 2.41. The highest BCUT2D eigenvalue weighted by Crippen LogP contribution is 2.41. The Hall–Kier alpha value is -1.17. The van der Waals surface area contributed by atoms with Gasteiger partial charge in [0.15, 0.2) is 0 Å². The Bertz CT molecular complexity index is 530. The molecule has 5 nitrogen and oxygen atoms in total. The van der Waals surface area contributed by atoms with Gasteiger partial charge in [0.25, 0.3) is 0 Å². The molecule has 0 saturated carbocycles. The van der Waals surface area contributed by atoms with Gasteiger partial charge in [0.2, 0.25) is 5.56 Å². The Kier molecular flexibility index (Phi) is 3.67.